The van der Waals surface area contributed by atoms with Gasteiger partial charge in [-0.05, 0) is 86.2 Å². The van der Waals surface area contributed by atoms with Crippen molar-refractivity contribution in [3.8, 4) is 28.3 Å². The number of halogens is 1. The predicted molar refractivity (Wildman–Crippen MR) is 178 cm³/mol. The van der Waals surface area contributed by atoms with Gasteiger partial charge in [-0.2, -0.15) is 0 Å². The Balaban J connectivity index is 1.17. The predicted octanol–water partition coefficient (Wildman–Crippen LogP) is 5.66. The van der Waals surface area contributed by atoms with Crippen LogP contribution in [0.3, 0.4) is 0 Å². The second-order valence-corrected chi connectivity index (χ2v) is 13.3. The van der Waals surface area contributed by atoms with Gasteiger partial charge < -0.3 is 21.3 Å². The van der Waals surface area contributed by atoms with E-state index in [4.69, 9.17) is 21.4 Å². The van der Waals surface area contributed by atoms with Crippen molar-refractivity contribution < 1.29 is 9.18 Å². The van der Waals surface area contributed by atoms with Gasteiger partial charge in [-0.15, -0.1) is 0 Å². The highest BCUT2D eigenvalue weighted by Gasteiger charge is 2.46. The van der Waals surface area contributed by atoms with Crippen molar-refractivity contribution in [1.82, 2.24) is 24.4 Å². The number of benzene rings is 2. The van der Waals surface area contributed by atoms with Crippen molar-refractivity contribution in [2.24, 2.45) is 11.1 Å². The number of nitrogen functional groups attached to an aromatic ring is 1. The first-order valence-corrected chi connectivity index (χ1v) is 16.0. The van der Waals surface area contributed by atoms with Gasteiger partial charge in [0.25, 0.3) is 0 Å². The maximum absolute atomic E-state index is 16.3. The van der Waals surface area contributed by atoms with E-state index in [2.05, 4.69) is 22.0 Å². The SMILES string of the molecule is CC(=O)N1CC2(CCN(c3cccc(-c4ccc5nc(-c6cccnc6N)n(-c6ccc(C7(N)CCC7)cc6)c5n4)c3F)CC2)C1. The first-order valence-electron chi connectivity index (χ1n) is 16.0. The Morgan fingerprint density at radius 1 is 0.891 bits per heavy atom. The minimum absolute atomic E-state index is 0.128. The molecule has 3 aromatic heterocycles. The molecule has 5 heterocycles. The van der Waals surface area contributed by atoms with Crippen LogP contribution in [0.5, 0.6) is 0 Å². The number of hydrogen-bond acceptors (Lipinski definition) is 7. The maximum Gasteiger partial charge on any atom is 0.219 e. The number of nitrogens with two attached hydrogens (primary N) is 2. The van der Waals surface area contributed by atoms with Crippen LogP contribution in [-0.2, 0) is 10.3 Å². The lowest BCUT2D eigenvalue weighted by Gasteiger charge is -2.54. The molecule has 1 saturated carbocycles. The van der Waals surface area contributed by atoms with E-state index in [1.807, 2.05) is 58.0 Å². The molecule has 2 aromatic carbocycles. The summed E-state index contributed by atoms with van der Waals surface area (Å²) in [6.45, 7) is 4.73. The fraction of sp³-hybridized carbons (Fsp3) is 0.333. The molecule has 0 atom stereocenters. The fourth-order valence-electron chi connectivity index (χ4n) is 7.41. The van der Waals surface area contributed by atoms with Crippen molar-refractivity contribution in [2.45, 2.75) is 44.6 Å². The zero-order chi connectivity index (χ0) is 31.6. The third-order valence-electron chi connectivity index (χ3n) is 10.4. The summed E-state index contributed by atoms with van der Waals surface area (Å²) in [4.78, 5) is 30.0. The molecule has 0 bridgehead atoms. The highest BCUT2D eigenvalue weighted by Crippen LogP contribution is 2.43. The zero-order valence-corrected chi connectivity index (χ0v) is 25.9. The average Bonchev–Trinajstić information content (AvgIpc) is 3.41. The number of aromatic nitrogens is 4. The van der Waals surface area contributed by atoms with Crippen molar-refractivity contribution in [3.05, 3.63) is 84.3 Å². The van der Waals surface area contributed by atoms with Crippen molar-refractivity contribution in [1.29, 1.82) is 0 Å². The van der Waals surface area contributed by atoms with Crippen LogP contribution in [0.25, 0.3) is 39.5 Å². The number of rotatable bonds is 5. The minimum atomic E-state index is -0.287. The van der Waals surface area contributed by atoms with E-state index in [1.165, 1.54) is 0 Å². The molecule has 10 heteroatoms. The molecule has 5 aromatic rings. The molecule has 2 saturated heterocycles. The van der Waals surface area contributed by atoms with Crippen LogP contribution in [0.4, 0.5) is 15.9 Å². The summed E-state index contributed by atoms with van der Waals surface area (Å²) in [7, 11) is 0. The van der Waals surface area contributed by atoms with Crippen LogP contribution in [0, 0.1) is 11.2 Å². The van der Waals surface area contributed by atoms with Crippen molar-refractivity contribution in [3.63, 3.8) is 0 Å². The highest BCUT2D eigenvalue weighted by atomic mass is 19.1. The minimum Gasteiger partial charge on any atom is -0.383 e. The summed E-state index contributed by atoms with van der Waals surface area (Å²) in [5, 5.41) is 0. The molecule has 1 amide bonds. The Labute approximate surface area is 267 Å². The molecule has 3 fully saturated rings. The first kappa shape index (κ1) is 28.6. The molecule has 2 aliphatic heterocycles. The highest BCUT2D eigenvalue weighted by molar-refractivity contribution is 5.85. The van der Waals surface area contributed by atoms with Crippen molar-refractivity contribution in [2.75, 3.05) is 36.8 Å². The summed E-state index contributed by atoms with van der Waals surface area (Å²) in [5.41, 5.74) is 18.3. The molecule has 3 aliphatic rings. The van der Waals surface area contributed by atoms with Gasteiger partial charge in [0, 0.05) is 61.5 Å². The summed E-state index contributed by atoms with van der Waals surface area (Å²) in [5.74, 6) is 0.817. The molecule has 0 radical (unpaired) electrons. The van der Waals surface area contributed by atoms with E-state index >= 15 is 4.39 Å². The summed E-state index contributed by atoms with van der Waals surface area (Å²) in [6.07, 6.45) is 6.62. The average molecular weight is 617 g/mol. The molecule has 9 nitrogen and oxygen atoms in total. The zero-order valence-electron chi connectivity index (χ0n) is 25.9. The van der Waals surface area contributed by atoms with Crippen LogP contribution in [0.1, 0.15) is 44.6 Å². The normalized spacial score (nSPS) is 18.4. The lowest BCUT2D eigenvalue weighted by molar-refractivity contribution is -0.142. The molecule has 46 heavy (non-hydrogen) atoms. The molecular formula is C36H37FN8O. The fourth-order valence-corrected chi connectivity index (χ4v) is 7.41. The molecular weight excluding hydrogens is 579 g/mol. The third kappa shape index (κ3) is 4.62. The van der Waals surface area contributed by atoms with Crippen LogP contribution in [0.15, 0.2) is 72.9 Å². The Morgan fingerprint density at radius 2 is 1.63 bits per heavy atom. The van der Waals surface area contributed by atoms with Crippen LogP contribution < -0.4 is 16.4 Å². The van der Waals surface area contributed by atoms with Gasteiger partial charge in [0.15, 0.2) is 17.3 Å². The van der Waals surface area contributed by atoms with E-state index in [0.29, 0.717) is 45.3 Å². The molecule has 4 N–H and O–H groups in total. The van der Waals surface area contributed by atoms with E-state index < -0.39 is 0 Å². The number of pyridine rings is 2. The van der Waals surface area contributed by atoms with Crippen LogP contribution in [0.2, 0.25) is 0 Å². The molecule has 1 aliphatic carbocycles. The summed E-state index contributed by atoms with van der Waals surface area (Å²) >= 11 is 0. The van der Waals surface area contributed by atoms with Crippen LogP contribution >= 0.6 is 0 Å². The number of nitrogens with zero attached hydrogens (tertiary/aromatic N) is 6. The summed E-state index contributed by atoms with van der Waals surface area (Å²) < 4.78 is 18.3. The van der Waals surface area contributed by atoms with E-state index in [0.717, 1.165) is 69.5 Å². The number of fused-ring (bicyclic) bond motifs is 1. The van der Waals surface area contributed by atoms with Gasteiger partial charge in [0.2, 0.25) is 5.91 Å². The van der Waals surface area contributed by atoms with E-state index in [1.54, 1.807) is 19.2 Å². The second-order valence-electron chi connectivity index (χ2n) is 13.3. The Morgan fingerprint density at radius 3 is 2.30 bits per heavy atom. The maximum atomic E-state index is 16.3. The number of imidazole rings is 1. The number of amides is 1. The largest absolute Gasteiger partial charge is 0.383 e. The van der Waals surface area contributed by atoms with Gasteiger partial charge in [-0.25, -0.2) is 19.3 Å². The topological polar surface area (TPSA) is 119 Å². The van der Waals surface area contributed by atoms with Crippen LogP contribution in [-0.4, -0.2) is 56.5 Å². The lowest BCUT2D eigenvalue weighted by Crippen LogP contribution is -2.61. The molecule has 1 spiro atoms. The summed E-state index contributed by atoms with van der Waals surface area (Å²) in [6, 6.07) is 21.2. The number of piperidine rings is 1. The molecule has 8 rings (SSSR count). The molecule has 234 valence electrons. The van der Waals surface area contributed by atoms with Gasteiger partial charge in [0.1, 0.15) is 11.3 Å². The second kappa shape index (κ2) is 10.6. The number of carbonyl (C=O) groups excluding carboxylic acids is 1. The quantitative estimate of drug-likeness (QED) is 0.262. The van der Waals surface area contributed by atoms with Gasteiger partial charge in [-0.1, -0.05) is 18.2 Å². The number of carbonyl (C=O) groups is 1. The molecule has 0 unspecified atom stereocenters. The van der Waals surface area contributed by atoms with E-state index in [-0.39, 0.29) is 22.7 Å². The number of likely N-dealkylation sites (tertiary alicyclic amines) is 1. The van der Waals surface area contributed by atoms with Crippen molar-refractivity contribution >= 4 is 28.6 Å². The third-order valence-corrected chi connectivity index (χ3v) is 10.4. The Bertz CT molecular complexity index is 1970. The number of anilines is 2. The standard InChI is InChI=1S/C36H37FN8O/c1-23(46)44-21-35(22-44)16-19-43(20-17-35)30-7-2-5-26(31(30)37)28-12-13-29-34(41-28)45(33(42-29)27-6-3-18-40-32(27)38)25-10-8-24(9-11-25)36(39)14-4-15-36/h2-3,5-13,18H,4,14-17,19-22,39H2,1H3,(H2,38,40). The Hall–Kier alpha value is -4.83. The lowest BCUT2D eigenvalue weighted by atomic mass is 9.72. The number of hydrogen-bond donors (Lipinski definition) is 2. The van der Waals surface area contributed by atoms with Gasteiger partial charge >= 0.3 is 0 Å². The van der Waals surface area contributed by atoms with Gasteiger partial charge in [0.05, 0.1) is 16.9 Å². The monoisotopic (exact) mass is 616 g/mol. The smallest absolute Gasteiger partial charge is 0.219 e. The Kier molecular flexibility index (Phi) is 6.61. The first-order chi connectivity index (χ1) is 22.2. The van der Waals surface area contributed by atoms with Gasteiger partial charge in [-0.3, -0.25) is 9.36 Å². The van der Waals surface area contributed by atoms with E-state index in [9.17, 15) is 4.79 Å².